The number of nitro benzene ring substituents is 1. The Morgan fingerprint density at radius 1 is 0.917 bits per heavy atom. The third-order valence-electron chi connectivity index (χ3n) is 8.18. The topological polar surface area (TPSA) is 125 Å². The van der Waals surface area contributed by atoms with Gasteiger partial charge < -0.3 is 9.72 Å². The number of H-pyrrole nitrogens is 1. The number of ether oxygens (including phenoxy) is 1. The van der Waals surface area contributed by atoms with E-state index in [0.717, 1.165) is 38.4 Å². The molecule has 2 heterocycles. The van der Waals surface area contributed by atoms with Crippen LogP contribution in [0.2, 0.25) is 0 Å². The Hall–Kier alpha value is -6.18. The fourth-order valence-corrected chi connectivity index (χ4v) is 6.72. The summed E-state index contributed by atoms with van der Waals surface area (Å²) in [4.78, 5) is 35.1. The van der Waals surface area contributed by atoms with Crippen molar-refractivity contribution in [1.29, 1.82) is 5.26 Å². The van der Waals surface area contributed by atoms with Crippen LogP contribution >= 0.6 is 11.8 Å². The molecule has 5 aromatic carbocycles. The maximum absolute atomic E-state index is 14.2. The number of thioether (sulfide) groups is 1. The van der Waals surface area contributed by atoms with Gasteiger partial charge in [-0.15, -0.1) is 0 Å². The Kier molecular flexibility index (Phi) is 8.43. The summed E-state index contributed by atoms with van der Waals surface area (Å²) in [5, 5.41) is 24.3. The van der Waals surface area contributed by atoms with Gasteiger partial charge in [-0.25, -0.2) is 4.99 Å². The maximum atomic E-state index is 14.2. The van der Waals surface area contributed by atoms with Crippen molar-refractivity contribution in [1.82, 2.24) is 9.88 Å². The average Bonchev–Trinajstić information content (AvgIpc) is 3.66. The number of amides is 1. The van der Waals surface area contributed by atoms with E-state index >= 15 is 0 Å². The number of aliphatic imine (C=N–C) groups is 1. The molecule has 9 nitrogen and oxygen atoms in total. The first-order chi connectivity index (χ1) is 23.5. The van der Waals surface area contributed by atoms with Gasteiger partial charge in [0, 0.05) is 46.9 Å². The first-order valence-electron chi connectivity index (χ1n) is 15.2. The van der Waals surface area contributed by atoms with Gasteiger partial charge in [0.2, 0.25) is 0 Å². The van der Waals surface area contributed by atoms with E-state index in [4.69, 9.17) is 9.73 Å². The van der Waals surface area contributed by atoms with Crippen LogP contribution in [0.1, 0.15) is 22.3 Å². The van der Waals surface area contributed by atoms with E-state index in [0.29, 0.717) is 40.0 Å². The average molecular weight is 650 g/mol. The molecule has 0 spiro atoms. The molecule has 0 atom stereocenters. The Morgan fingerprint density at radius 2 is 1.67 bits per heavy atom. The van der Waals surface area contributed by atoms with Gasteiger partial charge in [-0.05, 0) is 70.9 Å². The van der Waals surface area contributed by atoms with Gasteiger partial charge in [0.05, 0.1) is 27.1 Å². The van der Waals surface area contributed by atoms with Gasteiger partial charge in [-0.1, -0.05) is 66.7 Å². The van der Waals surface area contributed by atoms with Crippen molar-refractivity contribution in [3.05, 3.63) is 153 Å². The third kappa shape index (κ3) is 6.15. The highest BCUT2D eigenvalue weighted by Gasteiger charge is 2.34. The highest BCUT2D eigenvalue weighted by molar-refractivity contribution is 8.18. The number of nitriles is 1. The minimum atomic E-state index is -0.456. The molecular formula is C38H27N5O4S. The van der Waals surface area contributed by atoms with E-state index in [1.165, 1.54) is 23.9 Å². The molecule has 0 aliphatic carbocycles. The van der Waals surface area contributed by atoms with Crippen LogP contribution in [-0.2, 0) is 17.8 Å². The number of fused-ring (bicyclic) bond motifs is 2. The lowest BCUT2D eigenvalue weighted by Gasteiger charge is -2.15. The molecule has 0 radical (unpaired) electrons. The predicted molar refractivity (Wildman–Crippen MR) is 189 cm³/mol. The third-order valence-corrected chi connectivity index (χ3v) is 9.19. The van der Waals surface area contributed by atoms with Crippen LogP contribution < -0.4 is 4.74 Å². The predicted octanol–water partition coefficient (Wildman–Crippen LogP) is 8.53. The van der Waals surface area contributed by atoms with Crippen LogP contribution in [-0.4, -0.2) is 32.4 Å². The summed E-state index contributed by atoms with van der Waals surface area (Å²) in [5.41, 5.74) is 4.61. The molecule has 48 heavy (non-hydrogen) atoms. The van der Waals surface area contributed by atoms with Gasteiger partial charge in [-0.3, -0.25) is 19.8 Å². The summed E-state index contributed by atoms with van der Waals surface area (Å²) in [5.74, 6) is 0.377. The summed E-state index contributed by atoms with van der Waals surface area (Å²) in [6.45, 7) is 0.559. The molecular weight excluding hydrogens is 623 g/mol. The summed E-state index contributed by atoms with van der Waals surface area (Å²) < 4.78 is 6.32. The van der Waals surface area contributed by atoms with Crippen molar-refractivity contribution in [2.45, 2.75) is 13.0 Å². The molecule has 6 aromatic rings. The van der Waals surface area contributed by atoms with Gasteiger partial charge in [-0.2, -0.15) is 5.26 Å². The van der Waals surface area contributed by atoms with Crippen LogP contribution in [0.15, 0.2) is 125 Å². The zero-order valence-corrected chi connectivity index (χ0v) is 26.3. The molecule has 0 saturated carbocycles. The smallest absolute Gasteiger partial charge is 0.269 e. The lowest BCUT2D eigenvalue weighted by Crippen LogP contribution is -2.31. The standard InChI is InChI=1S/C38H27N5O4S/c39-22-26-8-1-2-9-28(26)24-47-35-18-13-25-7-3-4-10-31(25)33(35)21-36-37(44)42(20-19-27-23-40-34-12-6-5-11-32(27)34)38(48-36)41-29-14-16-30(17-15-29)43(45)46/h1-18,21,23,40H,19-20,24H2/b36-21-,41-38?. The molecule has 1 aromatic heterocycles. The Balaban J connectivity index is 1.26. The monoisotopic (exact) mass is 649 g/mol. The fourth-order valence-electron chi connectivity index (χ4n) is 5.71. The summed E-state index contributed by atoms with van der Waals surface area (Å²) in [7, 11) is 0. The number of amidine groups is 1. The molecule has 234 valence electrons. The number of carbonyl (C=O) groups is 1. The molecule has 1 N–H and O–H groups in total. The van der Waals surface area contributed by atoms with Gasteiger partial charge in [0.1, 0.15) is 12.4 Å². The van der Waals surface area contributed by atoms with Gasteiger partial charge >= 0.3 is 0 Å². The van der Waals surface area contributed by atoms with E-state index in [-0.39, 0.29) is 18.2 Å². The van der Waals surface area contributed by atoms with E-state index in [2.05, 4.69) is 17.1 Å². The normalized spacial score (nSPS) is 14.6. The Labute approximate surface area is 279 Å². The SMILES string of the molecule is N#Cc1ccccc1COc1ccc2ccccc2c1/C=C1\SC(=Nc2ccc([N+](=O)[O-])cc2)N(CCc2c[nH]c3ccccc23)C1=O. The molecule has 0 bridgehead atoms. The first-order valence-corrected chi connectivity index (χ1v) is 16.0. The van der Waals surface area contributed by atoms with Crippen LogP contribution in [0.3, 0.4) is 0 Å². The van der Waals surface area contributed by atoms with Crippen LogP contribution in [0, 0.1) is 21.4 Å². The first kappa shape index (κ1) is 30.5. The zero-order chi connectivity index (χ0) is 33.0. The number of nitrogens with zero attached hydrogens (tertiary/aromatic N) is 4. The van der Waals surface area contributed by atoms with Crippen molar-refractivity contribution >= 4 is 62.0 Å². The molecule has 1 fully saturated rings. The lowest BCUT2D eigenvalue weighted by atomic mass is 10.0. The number of carbonyl (C=O) groups excluding carboxylic acids is 1. The minimum absolute atomic E-state index is 0.0354. The molecule has 7 rings (SSSR count). The zero-order valence-electron chi connectivity index (χ0n) is 25.5. The number of hydrogen-bond donors (Lipinski definition) is 1. The van der Waals surface area contributed by atoms with Crippen LogP contribution in [0.4, 0.5) is 11.4 Å². The largest absolute Gasteiger partial charge is 0.488 e. The maximum Gasteiger partial charge on any atom is 0.269 e. The van der Waals surface area contributed by atoms with Crippen molar-refractivity contribution < 1.29 is 14.5 Å². The Bertz CT molecular complexity index is 2300. The van der Waals surface area contributed by atoms with Crippen LogP contribution in [0.25, 0.3) is 27.8 Å². The van der Waals surface area contributed by atoms with Crippen molar-refractivity contribution in [2.75, 3.05) is 6.54 Å². The number of rotatable bonds is 9. The molecule has 1 amide bonds. The number of nitro groups is 1. The second-order valence-corrected chi connectivity index (χ2v) is 12.1. The number of para-hydroxylation sites is 1. The molecule has 1 aliphatic rings. The number of aromatic nitrogens is 1. The highest BCUT2D eigenvalue weighted by Crippen LogP contribution is 2.38. The van der Waals surface area contributed by atoms with Gasteiger partial charge in [0.15, 0.2) is 5.17 Å². The van der Waals surface area contributed by atoms with E-state index in [9.17, 15) is 20.2 Å². The fraction of sp³-hybridized carbons (Fsp3) is 0.0789. The van der Waals surface area contributed by atoms with Crippen molar-refractivity contribution in [2.24, 2.45) is 4.99 Å². The molecule has 1 saturated heterocycles. The summed E-state index contributed by atoms with van der Waals surface area (Å²) in [6.07, 6.45) is 4.40. The lowest BCUT2D eigenvalue weighted by molar-refractivity contribution is -0.384. The molecule has 10 heteroatoms. The van der Waals surface area contributed by atoms with E-state index in [1.807, 2.05) is 85.1 Å². The Morgan fingerprint density at radius 3 is 2.48 bits per heavy atom. The van der Waals surface area contributed by atoms with E-state index < -0.39 is 4.92 Å². The van der Waals surface area contributed by atoms with Gasteiger partial charge in [0.25, 0.3) is 11.6 Å². The van der Waals surface area contributed by atoms with Crippen LogP contribution in [0.5, 0.6) is 5.75 Å². The number of aromatic amines is 1. The van der Waals surface area contributed by atoms with Crippen molar-refractivity contribution in [3.63, 3.8) is 0 Å². The summed E-state index contributed by atoms with van der Waals surface area (Å²) in [6, 6.07) is 35.3. The molecule has 1 aliphatic heterocycles. The second kappa shape index (κ2) is 13.3. The highest BCUT2D eigenvalue weighted by atomic mass is 32.2. The summed E-state index contributed by atoms with van der Waals surface area (Å²) >= 11 is 1.25. The number of non-ortho nitro benzene ring substituents is 1. The van der Waals surface area contributed by atoms with E-state index in [1.54, 1.807) is 23.1 Å². The van der Waals surface area contributed by atoms with Crippen molar-refractivity contribution in [3.8, 4) is 11.8 Å². The number of benzene rings is 5. The molecule has 0 unspecified atom stereocenters. The quantitative estimate of drug-likeness (QED) is 0.0951. The second-order valence-electron chi connectivity index (χ2n) is 11.1. The number of nitrogens with one attached hydrogen (secondary N) is 1. The number of hydrogen-bond acceptors (Lipinski definition) is 7. The minimum Gasteiger partial charge on any atom is -0.488 e.